The molecule has 1 aliphatic heterocycles. The van der Waals surface area contributed by atoms with Crippen LogP contribution in [0.5, 0.6) is 5.75 Å². The number of piperazine rings is 1. The number of aliphatic hydroxyl groups is 1. The van der Waals surface area contributed by atoms with E-state index in [0.29, 0.717) is 19.6 Å². The summed E-state index contributed by atoms with van der Waals surface area (Å²) in [6, 6.07) is 7.61. The lowest BCUT2D eigenvalue weighted by atomic mass is 10.2. The molecule has 0 saturated carbocycles. The van der Waals surface area contributed by atoms with Gasteiger partial charge < -0.3 is 14.7 Å². The Morgan fingerprint density at radius 3 is 2.67 bits per heavy atom. The fourth-order valence-corrected chi connectivity index (χ4v) is 2.40. The second kappa shape index (κ2) is 7.81. The minimum Gasteiger partial charge on any atom is -0.496 e. The standard InChI is InChI=1S/C16H22N2O3/c1-21-15-5-3-2-4-14(15)6-7-16(20)18-10-8-17(9-11-18)12-13-19/h2-7,19H,8-13H2,1H3/b7-6+. The van der Waals surface area contributed by atoms with Crippen molar-refractivity contribution in [2.45, 2.75) is 0 Å². The summed E-state index contributed by atoms with van der Waals surface area (Å²) in [5, 5.41) is 8.91. The zero-order valence-electron chi connectivity index (χ0n) is 12.4. The number of rotatable bonds is 5. The Balaban J connectivity index is 1.91. The summed E-state index contributed by atoms with van der Waals surface area (Å²) in [5.41, 5.74) is 0.896. The molecule has 0 unspecified atom stereocenters. The summed E-state index contributed by atoms with van der Waals surface area (Å²) in [5.74, 6) is 0.777. The highest BCUT2D eigenvalue weighted by atomic mass is 16.5. The van der Waals surface area contributed by atoms with Crippen LogP contribution in [0.15, 0.2) is 30.3 Å². The van der Waals surface area contributed by atoms with Crippen molar-refractivity contribution in [2.24, 2.45) is 0 Å². The van der Waals surface area contributed by atoms with Gasteiger partial charge in [-0.1, -0.05) is 18.2 Å². The van der Waals surface area contributed by atoms with Gasteiger partial charge in [0.05, 0.1) is 13.7 Å². The number of methoxy groups -OCH3 is 1. The predicted octanol–water partition coefficient (Wildman–Crippen LogP) is 0.845. The van der Waals surface area contributed by atoms with E-state index in [4.69, 9.17) is 9.84 Å². The number of para-hydroxylation sites is 1. The van der Waals surface area contributed by atoms with Gasteiger partial charge in [-0.2, -0.15) is 0 Å². The molecule has 0 aliphatic carbocycles. The number of β-amino-alcohol motifs (C(OH)–C–C–N with tert-alkyl or cyclic N) is 1. The summed E-state index contributed by atoms with van der Waals surface area (Å²) < 4.78 is 5.26. The van der Waals surface area contributed by atoms with E-state index in [-0.39, 0.29) is 12.5 Å². The van der Waals surface area contributed by atoms with Crippen molar-refractivity contribution in [1.82, 2.24) is 9.80 Å². The van der Waals surface area contributed by atoms with Gasteiger partial charge in [0.15, 0.2) is 0 Å². The zero-order chi connectivity index (χ0) is 15.1. The maximum atomic E-state index is 12.2. The van der Waals surface area contributed by atoms with Crippen molar-refractivity contribution in [3.05, 3.63) is 35.9 Å². The third kappa shape index (κ3) is 4.31. The van der Waals surface area contributed by atoms with Crippen LogP contribution in [0.1, 0.15) is 5.56 Å². The lowest BCUT2D eigenvalue weighted by Crippen LogP contribution is -2.48. The smallest absolute Gasteiger partial charge is 0.246 e. The van der Waals surface area contributed by atoms with Gasteiger partial charge in [-0.25, -0.2) is 0 Å². The second-order valence-corrected chi connectivity index (χ2v) is 4.97. The van der Waals surface area contributed by atoms with Gasteiger partial charge >= 0.3 is 0 Å². The molecule has 1 N–H and O–H groups in total. The third-order valence-corrected chi connectivity index (χ3v) is 3.64. The van der Waals surface area contributed by atoms with Gasteiger partial charge in [0.2, 0.25) is 5.91 Å². The molecule has 1 fully saturated rings. The molecule has 5 heteroatoms. The number of amides is 1. The molecule has 1 aromatic carbocycles. The van der Waals surface area contributed by atoms with Crippen molar-refractivity contribution >= 4 is 12.0 Å². The van der Waals surface area contributed by atoms with Crippen molar-refractivity contribution < 1.29 is 14.6 Å². The number of benzene rings is 1. The average molecular weight is 290 g/mol. The SMILES string of the molecule is COc1ccccc1/C=C/C(=O)N1CCN(CCO)CC1. The molecule has 1 heterocycles. The topological polar surface area (TPSA) is 53.0 Å². The van der Waals surface area contributed by atoms with Crippen LogP contribution < -0.4 is 4.74 Å². The predicted molar refractivity (Wildman–Crippen MR) is 82.1 cm³/mol. The van der Waals surface area contributed by atoms with Crippen LogP contribution in [0.25, 0.3) is 6.08 Å². The average Bonchev–Trinajstić information content (AvgIpc) is 2.54. The highest BCUT2D eigenvalue weighted by molar-refractivity contribution is 5.92. The zero-order valence-corrected chi connectivity index (χ0v) is 12.4. The lowest BCUT2D eigenvalue weighted by molar-refractivity contribution is -0.127. The van der Waals surface area contributed by atoms with Crippen LogP contribution in [0, 0.1) is 0 Å². The molecule has 114 valence electrons. The van der Waals surface area contributed by atoms with Crippen LogP contribution in [0.3, 0.4) is 0 Å². The molecule has 0 aromatic heterocycles. The molecule has 0 radical (unpaired) electrons. The second-order valence-electron chi connectivity index (χ2n) is 4.97. The minimum absolute atomic E-state index is 0.0181. The number of hydrogen-bond acceptors (Lipinski definition) is 4. The third-order valence-electron chi connectivity index (χ3n) is 3.64. The Hall–Kier alpha value is -1.85. The van der Waals surface area contributed by atoms with Crippen LogP contribution in [0.2, 0.25) is 0 Å². The molecule has 0 atom stereocenters. The van der Waals surface area contributed by atoms with Crippen molar-refractivity contribution in [3.8, 4) is 5.75 Å². The van der Waals surface area contributed by atoms with E-state index < -0.39 is 0 Å². The quantitative estimate of drug-likeness (QED) is 0.817. The highest BCUT2D eigenvalue weighted by Gasteiger charge is 2.18. The van der Waals surface area contributed by atoms with Crippen molar-refractivity contribution in [1.29, 1.82) is 0 Å². The number of hydrogen-bond donors (Lipinski definition) is 1. The number of ether oxygens (including phenoxy) is 1. The van der Waals surface area contributed by atoms with Gasteiger partial charge in [0.1, 0.15) is 5.75 Å². The molecule has 1 aliphatic rings. The Morgan fingerprint density at radius 2 is 2.00 bits per heavy atom. The Bertz CT molecular complexity index is 494. The summed E-state index contributed by atoms with van der Waals surface area (Å²) in [6.07, 6.45) is 3.39. The van der Waals surface area contributed by atoms with Gasteiger partial charge in [0, 0.05) is 44.4 Å². The molecule has 0 bridgehead atoms. The van der Waals surface area contributed by atoms with Crippen LogP contribution in [0.4, 0.5) is 0 Å². The van der Waals surface area contributed by atoms with Crippen LogP contribution in [-0.2, 0) is 4.79 Å². The van der Waals surface area contributed by atoms with Gasteiger partial charge in [0.25, 0.3) is 0 Å². The number of carbonyl (C=O) groups is 1. The molecule has 5 nitrogen and oxygen atoms in total. The first-order valence-electron chi connectivity index (χ1n) is 7.18. The molecule has 1 saturated heterocycles. The van der Waals surface area contributed by atoms with E-state index >= 15 is 0 Å². The Kier molecular flexibility index (Phi) is 5.78. The highest BCUT2D eigenvalue weighted by Crippen LogP contribution is 2.18. The summed E-state index contributed by atoms with van der Waals surface area (Å²) in [4.78, 5) is 16.2. The van der Waals surface area contributed by atoms with E-state index in [2.05, 4.69) is 4.90 Å². The molecule has 1 amide bonds. The monoisotopic (exact) mass is 290 g/mol. The minimum atomic E-state index is 0.0181. The van der Waals surface area contributed by atoms with E-state index in [1.54, 1.807) is 19.3 Å². The first-order valence-corrected chi connectivity index (χ1v) is 7.18. The van der Waals surface area contributed by atoms with E-state index in [1.807, 2.05) is 29.2 Å². The van der Waals surface area contributed by atoms with Crippen LogP contribution >= 0.6 is 0 Å². The van der Waals surface area contributed by atoms with Gasteiger partial charge in [-0.05, 0) is 12.1 Å². The fraction of sp³-hybridized carbons (Fsp3) is 0.438. The van der Waals surface area contributed by atoms with E-state index in [0.717, 1.165) is 24.4 Å². The molecule has 21 heavy (non-hydrogen) atoms. The summed E-state index contributed by atoms with van der Waals surface area (Å²) in [7, 11) is 1.62. The van der Waals surface area contributed by atoms with Gasteiger partial charge in [-0.15, -0.1) is 0 Å². The Labute approximate surface area is 125 Å². The first-order chi connectivity index (χ1) is 10.2. The molecule has 1 aromatic rings. The number of nitrogens with zero attached hydrogens (tertiary/aromatic N) is 2. The van der Waals surface area contributed by atoms with E-state index in [9.17, 15) is 4.79 Å². The Morgan fingerprint density at radius 1 is 1.29 bits per heavy atom. The van der Waals surface area contributed by atoms with Crippen molar-refractivity contribution in [2.75, 3.05) is 46.4 Å². The van der Waals surface area contributed by atoms with Crippen molar-refractivity contribution in [3.63, 3.8) is 0 Å². The molecule has 0 spiro atoms. The van der Waals surface area contributed by atoms with Crippen LogP contribution in [-0.4, -0.2) is 67.3 Å². The molecule has 2 rings (SSSR count). The number of aliphatic hydroxyl groups excluding tert-OH is 1. The summed E-state index contributed by atoms with van der Waals surface area (Å²) >= 11 is 0. The molecular weight excluding hydrogens is 268 g/mol. The lowest BCUT2D eigenvalue weighted by Gasteiger charge is -2.33. The van der Waals surface area contributed by atoms with Gasteiger partial charge in [-0.3, -0.25) is 9.69 Å². The number of carbonyl (C=O) groups excluding carboxylic acids is 1. The van der Waals surface area contributed by atoms with E-state index in [1.165, 1.54) is 0 Å². The normalized spacial score (nSPS) is 16.4. The maximum Gasteiger partial charge on any atom is 0.246 e. The first kappa shape index (κ1) is 15.5. The maximum absolute atomic E-state index is 12.2. The fourth-order valence-electron chi connectivity index (χ4n) is 2.40. The summed E-state index contributed by atoms with van der Waals surface area (Å²) in [6.45, 7) is 3.88. The molecular formula is C16H22N2O3. The largest absolute Gasteiger partial charge is 0.496 e.